The summed E-state index contributed by atoms with van der Waals surface area (Å²) < 4.78 is 72.6. The van der Waals surface area contributed by atoms with Gasteiger partial charge in [-0.2, -0.15) is 23.2 Å². The highest BCUT2D eigenvalue weighted by atomic mass is 32.2. The van der Waals surface area contributed by atoms with Gasteiger partial charge < -0.3 is 9.30 Å². The molecule has 3 aromatic rings. The summed E-state index contributed by atoms with van der Waals surface area (Å²) in [5, 5.41) is 10.6. The van der Waals surface area contributed by atoms with Gasteiger partial charge in [-0.05, 0) is 50.8 Å². The van der Waals surface area contributed by atoms with Crippen molar-refractivity contribution in [2.45, 2.75) is 62.7 Å². The van der Waals surface area contributed by atoms with Crippen molar-refractivity contribution in [1.82, 2.24) is 19.3 Å². The first-order chi connectivity index (χ1) is 16.6. The minimum absolute atomic E-state index is 0.101. The van der Waals surface area contributed by atoms with Crippen molar-refractivity contribution >= 4 is 21.1 Å². The van der Waals surface area contributed by atoms with E-state index in [0.29, 0.717) is 40.3 Å². The Kier molecular flexibility index (Phi) is 6.75. The van der Waals surface area contributed by atoms with E-state index >= 15 is 0 Å². The molecule has 1 aliphatic rings. The van der Waals surface area contributed by atoms with Crippen molar-refractivity contribution in [2.75, 3.05) is 6.61 Å². The molecule has 4 rings (SSSR count). The van der Waals surface area contributed by atoms with Crippen molar-refractivity contribution in [3.8, 4) is 23.2 Å². The molecule has 1 saturated carbocycles. The van der Waals surface area contributed by atoms with Crippen LogP contribution < -0.4 is 9.46 Å². The van der Waals surface area contributed by atoms with Crippen LogP contribution in [-0.4, -0.2) is 41.8 Å². The van der Waals surface area contributed by atoms with E-state index in [0.717, 1.165) is 38.8 Å². The van der Waals surface area contributed by atoms with Crippen LogP contribution in [0.1, 0.15) is 51.1 Å². The lowest BCUT2D eigenvalue weighted by molar-refractivity contribution is -0.147. The Balaban J connectivity index is 1.78. The summed E-state index contributed by atoms with van der Waals surface area (Å²) in [5.41, 5.74) is 1.75. The van der Waals surface area contributed by atoms with Gasteiger partial charge in [0.05, 0.1) is 29.8 Å². The van der Waals surface area contributed by atoms with E-state index in [9.17, 15) is 26.9 Å². The van der Waals surface area contributed by atoms with Gasteiger partial charge >= 0.3 is 6.18 Å². The summed E-state index contributed by atoms with van der Waals surface area (Å²) >= 11 is 0. The zero-order chi connectivity index (χ0) is 25.4. The first kappa shape index (κ1) is 24.9. The van der Waals surface area contributed by atoms with Gasteiger partial charge in [0, 0.05) is 17.6 Å². The Bertz CT molecular complexity index is 1370. The third-order valence-corrected chi connectivity index (χ3v) is 7.48. The minimum atomic E-state index is -4.72. The fraction of sp³-hybridized carbons (Fsp3) is 0.435. The number of nitriles is 1. The maximum Gasteiger partial charge on any atom is 0.404 e. The summed E-state index contributed by atoms with van der Waals surface area (Å²) in [6.45, 7) is 3.21. The number of ether oxygens (including phenoxy) is 1. The smallest absolute Gasteiger partial charge is 0.404 e. The number of fused-ring (bicyclic) bond motifs is 1. The summed E-state index contributed by atoms with van der Waals surface area (Å²) in [6, 6.07) is 4.40. The second-order valence-corrected chi connectivity index (χ2v) is 10.2. The topological polar surface area (TPSA) is 110 Å². The molecule has 8 nitrogen and oxygen atoms in total. The van der Waals surface area contributed by atoms with E-state index in [1.807, 2.05) is 11.5 Å². The van der Waals surface area contributed by atoms with Crippen molar-refractivity contribution in [1.29, 1.82) is 5.26 Å². The van der Waals surface area contributed by atoms with Crippen LogP contribution in [0, 0.1) is 11.3 Å². The Morgan fingerprint density at radius 1 is 1.29 bits per heavy atom. The quantitative estimate of drug-likeness (QED) is 0.473. The average molecular weight is 508 g/mol. The third kappa shape index (κ3) is 4.83. The fourth-order valence-corrected chi connectivity index (χ4v) is 5.05. The number of rotatable bonds is 8. The maximum atomic E-state index is 12.8. The monoisotopic (exact) mass is 507 g/mol. The van der Waals surface area contributed by atoms with Crippen LogP contribution in [-0.2, 0) is 10.0 Å². The van der Waals surface area contributed by atoms with Crippen molar-refractivity contribution in [3.05, 3.63) is 36.2 Å². The Morgan fingerprint density at radius 3 is 2.57 bits per heavy atom. The standard InChI is InChI=1S/C23H24F3N5O3S/c1-3-9-34-16-10-18-19(11-27)21(31(15-5-4-6-15)22(18)29-12-16)20-8-7-17(13-28-20)35(32,33)30-14(2)23(24,25)26/h7-8,10,12-15,30H,3-6,9H2,1-2H3/t14-/m0/s1. The van der Waals surface area contributed by atoms with Crippen LogP contribution in [0.5, 0.6) is 5.75 Å². The van der Waals surface area contributed by atoms with Gasteiger partial charge in [-0.25, -0.2) is 13.4 Å². The Morgan fingerprint density at radius 2 is 2.03 bits per heavy atom. The molecular weight excluding hydrogens is 483 g/mol. The molecule has 1 N–H and O–H groups in total. The van der Waals surface area contributed by atoms with E-state index in [1.54, 1.807) is 17.0 Å². The lowest BCUT2D eigenvalue weighted by atomic mass is 9.92. The highest BCUT2D eigenvalue weighted by Crippen LogP contribution is 2.42. The first-order valence-corrected chi connectivity index (χ1v) is 12.7. The van der Waals surface area contributed by atoms with Gasteiger partial charge in [-0.3, -0.25) is 4.98 Å². The van der Waals surface area contributed by atoms with Crippen LogP contribution >= 0.6 is 0 Å². The van der Waals surface area contributed by atoms with Gasteiger partial charge in [0.2, 0.25) is 10.0 Å². The van der Waals surface area contributed by atoms with E-state index in [-0.39, 0.29) is 6.04 Å². The minimum Gasteiger partial charge on any atom is -0.492 e. The molecular formula is C23H24F3N5O3S. The van der Waals surface area contributed by atoms with Crippen molar-refractivity contribution in [2.24, 2.45) is 0 Å². The molecule has 0 bridgehead atoms. The highest BCUT2D eigenvalue weighted by molar-refractivity contribution is 7.89. The molecule has 3 aromatic heterocycles. The van der Waals surface area contributed by atoms with E-state index in [2.05, 4.69) is 16.0 Å². The van der Waals surface area contributed by atoms with E-state index in [1.165, 1.54) is 12.1 Å². The van der Waals surface area contributed by atoms with Crippen molar-refractivity contribution < 1.29 is 26.3 Å². The molecule has 3 heterocycles. The number of sulfonamides is 1. The molecule has 186 valence electrons. The van der Waals surface area contributed by atoms with Gasteiger partial charge in [-0.1, -0.05) is 6.92 Å². The SMILES string of the molecule is CCCOc1cnc2c(c1)c(C#N)c(-c1ccc(S(=O)(=O)N[C@@H](C)C(F)(F)F)cn1)n2C1CCC1. The molecule has 0 spiro atoms. The Labute approximate surface area is 200 Å². The predicted molar refractivity (Wildman–Crippen MR) is 122 cm³/mol. The fourth-order valence-electron chi connectivity index (χ4n) is 3.88. The number of aromatic nitrogens is 3. The number of nitrogens with zero attached hydrogens (tertiary/aromatic N) is 4. The Hall–Kier alpha value is -3.17. The molecule has 0 aliphatic heterocycles. The highest BCUT2D eigenvalue weighted by Gasteiger charge is 2.39. The van der Waals surface area contributed by atoms with Crippen molar-refractivity contribution in [3.63, 3.8) is 0 Å². The van der Waals surface area contributed by atoms with Crippen LogP contribution in [0.4, 0.5) is 13.2 Å². The summed E-state index contributed by atoms with van der Waals surface area (Å²) in [4.78, 5) is 8.37. The number of halogens is 3. The number of hydrogen-bond acceptors (Lipinski definition) is 6. The molecule has 0 aromatic carbocycles. The van der Waals surface area contributed by atoms with Gasteiger partial charge in [0.25, 0.3) is 0 Å². The second kappa shape index (κ2) is 9.47. The van der Waals surface area contributed by atoms with Gasteiger partial charge in [0.1, 0.15) is 28.4 Å². The summed E-state index contributed by atoms with van der Waals surface area (Å²) in [6.07, 6.45) is 1.50. The summed E-state index contributed by atoms with van der Waals surface area (Å²) in [5.74, 6) is 0.535. The lowest BCUT2D eigenvalue weighted by Gasteiger charge is -2.29. The van der Waals surface area contributed by atoms with Crippen LogP contribution in [0.25, 0.3) is 22.4 Å². The number of nitrogens with one attached hydrogen (secondary N) is 1. The van der Waals surface area contributed by atoms with Crippen LogP contribution in [0.15, 0.2) is 35.5 Å². The molecule has 35 heavy (non-hydrogen) atoms. The predicted octanol–water partition coefficient (Wildman–Crippen LogP) is 4.71. The third-order valence-electron chi connectivity index (χ3n) is 5.95. The molecule has 0 radical (unpaired) electrons. The molecule has 1 atom stereocenters. The molecule has 1 fully saturated rings. The molecule has 0 amide bonds. The van der Waals surface area contributed by atoms with Gasteiger partial charge in [-0.15, -0.1) is 0 Å². The molecule has 0 saturated heterocycles. The van der Waals surface area contributed by atoms with E-state index in [4.69, 9.17) is 4.74 Å². The maximum absolute atomic E-state index is 12.8. The molecule has 1 aliphatic carbocycles. The molecule has 0 unspecified atom stereocenters. The van der Waals surface area contributed by atoms with Crippen LogP contribution in [0.2, 0.25) is 0 Å². The van der Waals surface area contributed by atoms with Crippen LogP contribution in [0.3, 0.4) is 0 Å². The number of pyridine rings is 2. The second-order valence-electron chi connectivity index (χ2n) is 8.44. The number of hydrogen-bond donors (Lipinski definition) is 1. The zero-order valence-corrected chi connectivity index (χ0v) is 19.9. The average Bonchev–Trinajstić information content (AvgIpc) is 3.09. The summed E-state index contributed by atoms with van der Waals surface area (Å²) in [7, 11) is -4.45. The van der Waals surface area contributed by atoms with Gasteiger partial charge in [0.15, 0.2) is 0 Å². The van der Waals surface area contributed by atoms with E-state index < -0.39 is 27.1 Å². The normalized spacial score (nSPS) is 15.5. The zero-order valence-electron chi connectivity index (χ0n) is 19.1. The lowest BCUT2D eigenvalue weighted by Crippen LogP contribution is -2.42. The molecule has 12 heteroatoms. The number of alkyl halides is 3. The largest absolute Gasteiger partial charge is 0.492 e. The first-order valence-electron chi connectivity index (χ1n) is 11.2.